The molecule has 7 nitrogen and oxygen atoms in total. The quantitative estimate of drug-likeness (QED) is 0.645. The van der Waals surface area contributed by atoms with Crippen LogP contribution in [0.1, 0.15) is 27.7 Å². The molecule has 2 N–H and O–H groups in total. The molecule has 1 saturated heterocycles. The predicted molar refractivity (Wildman–Crippen MR) is 119 cm³/mol. The molecule has 5 rings (SSSR count). The molecule has 0 saturated carbocycles. The van der Waals surface area contributed by atoms with Crippen molar-refractivity contribution >= 4 is 5.91 Å². The van der Waals surface area contributed by atoms with Crippen LogP contribution in [-0.2, 0) is 0 Å². The summed E-state index contributed by atoms with van der Waals surface area (Å²) in [4.78, 5) is 17.8. The normalized spacial score (nSPS) is 18.9. The van der Waals surface area contributed by atoms with Gasteiger partial charge in [-0.15, -0.1) is 0 Å². The van der Waals surface area contributed by atoms with E-state index in [1.54, 1.807) is 7.11 Å². The summed E-state index contributed by atoms with van der Waals surface area (Å²) < 4.78 is 5.34. The van der Waals surface area contributed by atoms with E-state index in [2.05, 4.69) is 20.4 Å². The van der Waals surface area contributed by atoms with E-state index in [4.69, 9.17) is 4.74 Å². The Morgan fingerprint density at radius 2 is 1.77 bits per heavy atom. The van der Waals surface area contributed by atoms with E-state index < -0.39 is 0 Å². The molecule has 1 amide bonds. The number of hydrogen-bond acceptors (Lipinski definition) is 5. The molecule has 1 fully saturated rings. The van der Waals surface area contributed by atoms with Gasteiger partial charge in [-0.25, -0.2) is 0 Å². The van der Waals surface area contributed by atoms with Crippen LogP contribution in [0.3, 0.4) is 0 Å². The second kappa shape index (κ2) is 8.53. The van der Waals surface area contributed by atoms with Crippen LogP contribution >= 0.6 is 0 Å². The molecule has 7 heteroatoms. The van der Waals surface area contributed by atoms with Gasteiger partial charge in [0, 0.05) is 50.4 Å². The third-order valence-electron chi connectivity index (χ3n) is 6.21. The van der Waals surface area contributed by atoms with Crippen molar-refractivity contribution in [2.45, 2.75) is 6.04 Å². The highest BCUT2D eigenvalue weighted by molar-refractivity contribution is 6.00. The molecule has 31 heavy (non-hydrogen) atoms. The van der Waals surface area contributed by atoms with Gasteiger partial charge in [0.05, 0.1) is 18.8 Å². The SMILES string of the molecule is COc1ccc(C2c3c(-c4ccccc4)n[nH]c3C(=O)N2CCN2CCNCC2)cc1. The largest absolute Gasteiger partial charge is 0.497 e. The van der Waals surface area contributed by atoms with Crippen LogP contribution in [0.15, 0.2) is 54.6 Å². The Hall–Kier alpha value is -3.16. The van der Waals surface area contributed by atoms with Crippen LogP contribution < -0.4 is 10.1 Å². The average Bonchev–Trinajstić information content (AvgIpc) is 3.38. The fraction of sp³-hybridized carbons (Fsp3) is 0.333. The Morgan fingerprint density at radius 3 is 2.48 bits per heavy atom. The van der Waals surface area contributed by atoms with Crippen molar-refractivity contribution in [1.29, 1.82) is 0 Å². The number of methoxy groups -OCH3 is 1. The van der Waals surface area contributed by atoms with Crippen molar-refractivity contribution in [3.63, 3.8) is 0 Å². The lowest BCUT2D eigenvalue weighted by atomic mass is 9.96. The second-order valence-electron chi connectivity index (χ2n) is 7.99. The van der Waals surface area contributed by atoms with Gasteiger partial charge in [-0.1, -0.05) is 42.5 Å². The number of ether oxygens (including phenoxy) is 1. The lowest BCUT2D eigenvalue weighted by molar-refractivity contribution is 0.0717. The zero-order valence-corrected chi connectivity index (χ0v) is 17.7. The molecule has 1 unspecified atom stereocenters. The third-order valence-corrected chi connectivity index (χ3v) is 6.21. The van der Waals surface area contributed by atoms with Crippen LogP contribution in [0, 0.1) is 0 Å². The summed E-state index contributed by atoms with van der Waals surface area (Å²) in [5.41, 5.74) is 4.47. The summed E-state index contributed by atoms with van der Waals surface area (Å²) in [6.07, 6.45) is 0. The number of amides is 1. The van der Waals surface area contributed by atoms with Crippen LogP contribution in [0.4, 0.5) is 0 Å². The molecule has 160 valence electrons. The second-order valence-corrected chi connectivity index (χ2v) is 7.99. The fourth-order valence-corrected chi connectivity index (χ4v) is 4.56. The summed E-state index contributed by atoms with van der Waals surface area (Å²) in [6, 6.07) is 17.9. The minimum Gasteiger partial charge on any atom is -0.497 e. The van der Waals surface area contributed by atoms with Gasteiger partial charge < -0.3 is 15.0 Å². The van der Waals surface area contributed by atoms with Crippen molar-refractivity contribution in [1.82, 2.24) is 25.3 Å². The van der Waals surface area contributed by atoms with Crippen molar-refractivity contribution < 1.29 is 9.53 Å². The van der Waals surface area contributed by atoms with Gasteiger partial charge in [-0.3, -0.25) is 14.8 Å². The highest BCUT2D eigenvalue weighted by atomic mass is 16.5. The summed E-state index contributed by atoms with van der Waals surface area (Å²) in [7, 11) is 1.66. The van der Waals surface area contributed by atoms with Gasteiger partial charge in [-0.05, 0) is 17.7 Å². The van der Waals surface area contributed by atoms with Crippen LogP contribution in [0.5, 0.6) is 5.75 Å². The Balaban J connectivity index is 1.52. The van der Waals surface area contributed by atoms with Crippen LogP contribution in [0.2, 0.25) is 0 Å². The molecule has 0 bridgehead atoms. The Morgan fingerprint density at radius 1 is 1.03 bits per heavy atom. The van der Waals surface area contributed by atoms with Crippen LogP contribution in [0.25, 0.3) is 11.3 Å². The van der Waals surface area contributed by atoms with Crippen molar-refractivity contribution in [2.24, 2.45) is 0 Å². The van der Waals surface area contributed by atoms with Crippen molar-refractivity contribution in [2.75, 3.05) is 46.4 Å². The average molecular weight is 418 g/mol. The molecule has 0 radical (unpaired) electrons. The molecular weight excluding hydrogens is 390 g/mol. The molecular formula is C24H27N5O2. The number of nitrogens with zero attached hydrogens (tertiary/aromatic N) is 3. The summed E-state index contributed by atoms with van der Waals surface area (Å²) >= 11 is 0. The number of carbonyl (C=O) groups is 1. The Bertz CT molecular complexity index is 1040. The molecule has 2 aliphatic rings. The highest BCUT2D eigenvalue weighted by Crippen LogP contribution is 2.42. The van der Waals surface area contributed by atoms with E-state index in [1.807, 2.05) is 59.5 Å². The maximum atomic E-state index is 13.4. The number of carbonyl (C=O) groups excluding carboxylic acids is 1. The van der Waals surface area contributed by atoms with E-state index in [1.165, 1.54) is 0 Å². The van der Waals surface area contributed by atoms with E-state index >= 15 is 0 Å². The summed E-state index contributed by atoms with van der Waals surface area (Å²) in [5, 5.41) is 11.0. The van der Waals surface area contributed by atoms with Gasteiger partial charge >= 0.3 is 0 Å². The number of hydrogen-bond donors (Lipinski definition) is 2. The minimum absolute atomic E-state index is 0.0145. The van der Waals surface area contributed by atoms with Gasteiger partial charge in [-0.2, -0.15) is 5.10 Å². The number of aromatic nitrogens is 2. The first-order valence-electron chi connectivity index (χ1n) is 10.8. The third kappa shape index (κ3) is 3.71. The van der Waals surface area contributed by atoms with Gasteiger partial charge in [0.15, 0.2) is 0 Å². The number of piperazine rings is 1. The minimum atomic E-state index is -0.176. The van der Waals surface area contributed by atoms with E-state index in [0.717, 1.165) is 60.9 Å². The summed E-state index contributed by atoms with van der Waals surface area (Å²) in [6.45, 7) is 5.55. The zero-order chi connectivity index (χ0) is 21.2. The smallest absolute Gasteiger partial charge is 0.273 e. The maximum absolute atomic E-state index is 13.4. The topological polar surface area (TPSA) is 73.5 Å². The Kier molecular flexibility index (Phi) is 5.44. The number of nitrogens with one attached hydrogen (secondary N) is 2. The maximum Gasteiger partial charge on any atom is 0.273 e. The number of H-pyrrole nitrogens is 1. The summed E-state index contributed by atoms with van der Waals surface area (Å²) in [5.74, 6) is 0.816. The molecule has 3 heterocycles. The van der Waals surface area contributed by atoms with Gasteiger partial charge in [0.1, 0.15) is 11.4 Å². The molecule has 1 atom stereocenters. The molecule has 3 aromatic rings. The van der Waals surface area contributed by atoms with E-state index in [9.17, 15) is 4.79 Å². The highest BCUT2D eigenvalue weighted by Gasteiger charge is 2.42. The van der Waals surface area contributed by atoms with E-state index in [0.29, 0.717) is 12.2 Å². The predicted octanol–water partition coefficient (Wildman–Crippen LogP) is 2.54. The lowest BCUT2D eigenvalue weighted by Crippen LogP contribution is -2.46. The molecule has 1 aromatic heterocycles. The van der Waals surface area contributed by atoms with Crippen molar-refractivity contribution in [3.8, 4) is 17.0 Å². The number of benzene rings is 2. The van der Waals surface area contributed by atoms with Crippen LogP contribution in [-0.4, -0.2) is 72.3 Å². The number of rotatable bonds is 6. The molecule has 0 aliphatic carbocycles. The zero-order valence-electron chi connectivity index (χ0n) is 17.7. The molecule has 0 spiro atoms. The standard InChI is InChI=1S/C24H27N5O2/c1-31-19-9-7-18(8-10-19)23-20-21(17-5-3-2-4-6-17)26-27-22(20)24(30)29(23)16-15-28-13-11-25-12-14-28/h2-10,23,25H,11-16H2,1H3,(H,26,27). The fourth-order valence-electron chi connectivity index (χ4n) is 4.56. The first kappa shape index (κ1) is 19.8. The number of fused-ring (bicyclic) bond motifs is 1. The molecule has 2 aromatic carbocycles. The molecule has 2 aliphatic heterocycles. The lowest BCUT2D eigenvalue weighted by Gasteiger charge is -2.32. The van der Waals surface area contributed by atoms with Crippen molar-refractivity contribution in [3.05, 3.63) is 71.4 Å². The van der Waals surface area contributed by atoms with Gasteiger partial charge in [0.25, 0.3) is 5.91 Å². The first-order valence-corrected chi connectivity index (χ1v) is 10.8. The van der Waals surface area contributed by atoms with Gasteiger partial charge in [0.2, 0.25) is 0 Å². The first-order chi connectivity index (χ1) is 15.3. The van der Waals surface area contributed by atoms with E-state index in [-0.39, 0.29) is 11.9 Å². The monoisotopic (exact) mass is 417 g/mol. The Labute approximate surface area is 182 Å². The number of aromatic amines is 1.